The van der Waals surface area contributed by atoms with E-state index < -0.39 is 12.3 Å². The first-order chi connectivity index (χ1) is 13.0. The average Bonchev–Trinajstić information content (AvgIpc) is 2.97. The van der Waals surface area contributed by atoms with Gasteiger partial charge in [0.1, 0.15) is 11.4 Å². The highest BCUT2D eigenvalue weighted by Crippen LogP contribution is 2.38. The van der Waals surface area contributed by atoms with Crippen LogP contribution in [0.5, 0.6) is 5.75 Å². The zero-order valence-electron chi connectivity index (χ0n) is 15.3. The molecule has 150 valence electrons. The van der Waals surface area contributed by atoms with Crippen molar-refractivity contribution in [2.24, 2.45) is 0 Å². The number of benzene rings is 2. The average molecular weight is 471 g/mol. The summed E-state index contributed by atoms with van der Waals surface area (Å²) in [6.07, 6.45) is 0.977. The maximum atomic E-state index is 12.4. The molecule has 0 radical (unpaired) electrons. The van der Waals surface area contributed by atoms with Crippen molar-refractivity contribution >= 4 is 22.6 Å². The molecule has 1 atom stereocenters. The molecule has 0 amide bonds. The Morgan fingerprint density at radius 1 is 1.18 bits per heavy atom. The van der Waals surface area contributed by atoms with E-state index in [1.165, 1.54) is 12.1 Å². The van der Waals surface area contributed by atoms with Gasteiger partial charge in [0.15, 0.2) is 6.54 Å². The lowest BCUT2D eigenvalue weighted by molar-refractivity contribution is -0.656. The van der Waals surface area contributed by atoms with E-state index in [0.29, 0.717) is 12.1 Å². The number of hydrogen-bond acceptors (Lipinski definition) is 4. The molecule has 2 heterocycles. The number of anilines is 1. The Morgan fingerprint density at radius 2 is 1.89 bits per heavy atom. The molecule has 1 unspecified atom stereocenters. The first-order valence-corrected chi connectivity index (χ1v) is 9.86. The predicted octanol–water partition coefficient (Wildman–Crippen LogP) is 0.771. The van der Waals surface area contributed by atoms with Gasteiger partial charge >= 0.3 is 11.8 Å². The largest absolute Gasteiger partial charge is 1.00 e. The van der Waals surface area contributed by atoms with Crippen molar-refractivity contribution in [1.82, 2.24) is 0 Å². The summed E-state index contributed by atoms with van der Waals surface area (Å²) in [5.41, 5.74) is 1.66. The number of ether oxygens (including phenoxy) is 1. The monoisotopic (exact) mass is 470 g/mol. The van der Waals surface area contributed by atoms with Gasteiger partial charge in [-0.25, -0.2) is 9.48 Å². The maximum absolute atomic E-state index is 12.4. The molecule has 2 aromatic rings. The topological polar surface area (TPSA) is 35.7 Å². The van der Waals surface area contributed by atoms with E-state index in [2.05, 4.69) is 28.7 Å². The van der Waals surface area contributed by atoms with Crippen molar-refractivity contribution in [3.8, 4) is 5.75 Å². The van der Waals surface area contributed by atoms with E-state index in [4.69, 9.17) is 0 Å². The van der Waals surface area contributed by atoms with Gasteiger partial charge in [-0.1, -0.05) is 18.2 Å². The number of aliphatic hydroxyl groups is 1. The molecular formula is C20H21BrF2N2O2S. The van der Waals surface area contributed by atoms with Crippen LogP contribution < -0.4 is 26.6 Å². The molecule has 2 aromatic carbocycles. The van der Waals surface area contributed by atoms with Crippen LogP contribution in [0, 0.1) is 6.92 Å². The van der Waals surface area contributed by atoms with Crippen LogP contribution in [-0.2, 0) is 5.72 Å². The number of rotatable bonds is 4. The lowest BCUT2D eigenvalue weighted by atomic mass is 10.0. The summed E-state index contributed by atoms with van der Waals surface area (Å²) in [6.45, 7) is 0.327. The Labute approximate surface area is 177 Å². The van der Waals surface area contributed by atoms with Crippen molar-refractivity contribution in [2.75, 3.05) is 23.7 Å². The SMILES string of the molecule is Cc1ccccc1N1CC(O)(c2ccc(OC(F)F)cc2)[N+]2=C1SCCC2.[Br-]. The zero-order valence-corrected chi connectivity index (χ0v) is 17.7. The van der Waals surface area contributed by atoms with E-state index in [1.54, 1.807) is 23.9 Å². The molecule has 2 aliphatic rings. The molecule has 4 nitrogen and oxygen atoms in total. The maximum Gasteiger partial charge on any atom is 0.387 e. The van der Waals surface area contributed by atoms with Gasteiger partial charge in [-0.15, -0.1) is 0 Å². The molecule has 0 bridgehead atoms. The van der Waals surface area contributed by atoms with Gasteiger partial charge in [-0.05, 0) is 61.0 Å². The summed E-state index contributed by atoms with van der Waals surface area (Å²) >= 11 is 1.74. The Morgan fingerprint density at radius 3 is 2.57 bits per heavy atom. The fourth-order valence-corrected chi connectivity index (χ4v) is 4.88. The lowest BCUT2D eigenvalue weighted by Crippen LogP contribution is -3.00. The van der Waals surface area contributed by atoms with E-state index >= 15 is 0 Å². The van der Waals surface area contributed by atoms with Crippen molar-refractivity contribution in [3.63, 3.8) is 0 Å². The van der Waals surface area contributed by atoms with Crippen molar-refractivity contribution in [2.45, 2.75) is 25.7 Å². The number of alkyl halides is 2. The summed E-state index contributed by atoms with van der Waals surface area (Å²) < 4.78 is 31.3. The van der Waals surface area contributed by atoms with Crippen LogP contribution in [0.4, 0.5) is 14.5 Å². The van der Waals surface area contributed by atoms with Crippen molar-refractivity contribution in [3.05, 3.63) is 59.7 Å². The number of thioether (sulfide) groups is 1. The third-order valence-electron chi connectivity index (χ3n) is 4.99. The second-order valence-corrected chi connectivity index (χ2v) is 7.79. The first-order valence-electron chi connectivity index (χ1n) is 8.87. The number of halogens is 3. The fourth-order valence-electron chi connectivity index (χ4n) is 3.70. The van der Waals surface area contributed by atoms with E-state index in [0.717, 1.165) is 35.1 Å². The molecule has 0 saturated heterocycles. The quantitative estimate of drug-likeness (QED) is 0.669. The zero-order chi connectivity index (χ0) is 19.0. The second-order valence-electron chi connectivity index (χ2n) is 6.73. The van der Waals surface area contributed by atoms with Crippen molar-refractivity contribution < 1.29 is 40.2 Å². The van der Waals surface area contributed by atoms with Crippen LogP contribution in [0.15, 0.2) is 48.5 Å². The minimum Gasteiger partial charge on any atom is -1.00 e. The number of hydrogen-bond donors (Lipinski definition) is 1. The van der Waals surface area contributed by atoms with Crippen LogP contribution >= 0.6 is 11.8 Å². The summed E-state index contributed by atoms with van der Waals surface area (Å²) in [5.74, 6) is 1.09. The van der Waals surface area contributed by atoms with Crippen LogP contribution in [0.1, 0.15) is 17.5 Å². The molecule has 0 fully saturated rings. The van der Waals surface area contributed by atoms with Crippen molar-refractivity contribution in [1.29, 1.82) is 0 Å². The second kappa shape index (κ2) is 8.39. The Balaban J connectivity index is 0.00000225. The van der Waals surface area contributed by atoms with E-state index in [9.17, 15) is 13.9 Å². The molecule has 1 N–H and O–H groups in total. The Kier molecular flexibility index (Phi) is 6.31. The number of β-amino-alcohol motifs (C(OH)–C–C–N with tert-alkyl or cyclic N) is 1. The minimum absolute atomic E-state index is 0. The highest BCUT2D eigenvalue weighted by molar-refractivity contribution is 8.13. The van der Waals surface area contributed by atoms with Gasteiger partial charge in [-0.2, -0.15) is 8.78 Å². The van der Waals surface area contributed by atoms with E-state index in [-0.39, 0.29) is 22.7 Å². The predicted molar refractivity (Wildman–Crippen MR) is 103 cm³/mol. The minimum atomic E-state index is -2.86. The van der Waals surface area contributed by atoms with Crippen LogP contribution in [0.2, 0.25) is 0 Å². The highest BCUT2D eigenvalue weighted by atomic mass is 79.9. The van der Waals surface area contributed by atoms with Crippen LogP contribution in [-0.4, -0.2) is 40.3 Å². The number of aryl methyl sites for hydroxylation is 1. The molecule has 28 heavy (non-hydrogen) atoms. The summed E-state index contributed by atoms with van der Waals surface area (Å²) in [4.78, 5) is 2.16. The molecule has 2 aliphatic heterocycles. The Hall–Kier alpha value is -1.64. The van der Waals surface area contributed by atoms with Gasteiger partial charge in [0.25, 0.3) is 5.72 Å². The van der Waals surface area contributed by atoms with E-state index in [1.807, 2.05) is 16.7 Å². The van der Waals surface area contributed by atoms with Gasteiger partial charge in [0.2, 0.25) is 0 Å². The summed E-state index contributed by atoms with van der Waals surface area (Å²) in [6, 6.07) is 14.4. The molecule has 0 aliphatic carbocycles. The van der Waals surface area contributed by atoms with Crippen LogP contribution in [0.3, 0.4) is 0 Å². The van der Waals surface area contributed by atoms with Gasteiger partial charge < -0.3 is 26.8 Å². The highest BCUT2D eigenvalue weighted by Gasteiger charge is 2.53. The number of nitrogens with zero attached hydrogens (tertiary/aromatic N) is 2. The van der Waals surface area contributed by atoms with Gasteiger partial charge in [0, 0.05) is 11.3 Å². The standard InChI is InChI=1S/C20H21F2N2O2S.BrH/c1-14-5-2-3-6-17(14)23-13-20(25,24-11-4-12-27-19(23)24)15-7-9-16(10-8-15)26-18(21)22;/h2-3,5-10,18,25H,4,11-13H2,1H3;1H/q+1;/p-1. The molecule has 0 aromatic heterocycles. The fraction of sp³-hybridized carbons (Fsp3) is 0.350. The Bertz CT molecular complexity index is 879. The first kappa shape index (κ1) is 21.1. The number of amidine groups is 1. The molecule has 0 spiro atoms. The molecule has 0 saturated carbocycles. The molecular weight excluding hydrogens is 450 g/mol. The van der Waals surface area contributed by atoms with Gasteiger partial charge in [0.05, 0.1) is 6.54 Å². The third kappa shape index (κ3) is 3.77. The normalized spacial score (nSPS) is 21.5. The summed E-state index contributed by atoms with van der Waals surface area (Å²) in [7, 11) is 0. The summed E-state index contributed by atoms with van der Waals surface area (Å²) in [5, 5.41) is 12.6. The van der Waals surface area contributed by atoms with Gasteiger partial charge in [-0.3, -0.25) is 0 Å². The lowest BCUT2D eigenvalue weighted by Gasteiger charge is -2.24. The smallest absolute Gasteiger partial charge is 0.387 e. The van der Waals surface area contributed by atoms with Crippen LogP contribution in [0.25, 0.3) is 0 Å². The number of para-hydroxylation sites is 1. The molecule has 4 rings (SSSR count). The third-order valence-corrected chi connectivity index (χ3v) is 6.18. The molecule has 8 heteroatoms.